The van der Waals surface area contributed by atoms with Gasteiger partial charge in [0.2, 0.25) is 0 Å². The quantitative estimate of drug-likeness (QED) is 0.633. The zero-order valence-electron chi connectivity index (χ0n) is 15.7. The number of hydrogen-bond acceptors (Lipinski definition) is 4. The minimum absolute atomic E-state index is 0.0666. The van der Waals surface area contributed by atoms with Crippen LogP contribution in [0.5, 0.6) is 0 Å². The Kier molecular flexibility index (Phi) is 5.44. The number of fused-ring (bicyclic) bond motifs is 1. The molecule has 156 valence electrons. The molecule has 1 fully saturated rings. The number of rotatable bonds is 7. The summed E-state index contributed by atoms with van der Waals surface area (Å²) in [5, 5.41) is 12.6. The first-order chi connectivity index (χ1) is 14.3. The number of benzene rings is 2. The second-order valence-electron chi connectivity index (χ2n) is 7.27. The maximum Gasteiger partial charge on any atom is 0.303 e. The molecule has 9 heteroatoms. The summed E-state index contributed by atoms with van der Waals surface area (Å²) in [6.45, 7) is 0.900. The van der Waals surface area contributed by atoms with Gasteiger partial charge in [0.05, 0.1) is 29.3 Å². The van der Waals surface area contributed by atoms with Crippen LogP contribution in [0, 0.1) is 0 Å². The predicted octanol–water partition coefficient (Wildman–Crippen LogP) is 3.23. The van der Waals surface area contributed by atoms with Gasteiger partial charge in [-0.15, -0.1) is 0 Å². The first-order valence-electron chi connectivity index (χ1n) is 9.34. The number of carbonyl (C=O) groups excluding carboxylic acids is 2. The number of halogens is 2. The Morgan fingerprint density at radius 1 is 1.20 bits per heavy atom. The Labute approximate surface area is 182 Å². The van der Waals surface area contributed by atoms with Crippen LogP contribution >= 0.6 is 23.2 Å². The molecule has 0 radical (unpaired) electrons. The maximum atomic E-state index is 13.6. The second kappa shape index (κ2) is 7.91. The molecule has 2 N–H and O–H groups in total. The number of epoxide rings is 1. The summed E-state index contributed by atoms with van der Waals surface area (Å²) in [6.07, 6.45) is -0.453. The van der Waals surface area contributed by atoms with Crippen molar-refractivity contribution >= 4 is 46.7 Å². The predicted molar refractivity (Wildman–Crippen MR) is 111 cm³/mol. The molecule has 4 rings (SSSR count). The molecule has 2 unspecified atom stereocenters. The van der Waals surface area contributed by atoms with E-state index in [1.165, 1.54) is 18.2 Å². The smallest absolute Gasteiger partial charge is 0.303 e. The maximum absolute atomic E-state index is 13.6. The van der Waals surface area contributed by atoms with E-state index >= 15 is 0 Å². The van der Waals surface area contributed by atoms with E-state index in [9.17, 15) is 19.5 Å². The lowest BCUT2D eigenvalue weighted by Crippen LogP contribution is -2.53. The third-order valence-corrected chi connectivity index (χ3v) is 6.02. The first-order valence-corrected chi connectivity index (χ1v) is 10.1. The highest BCUT2D eigenvalue weighted by Crippen LogP contribution is 2.44. The van der Waals surface area contributed by atoms with Crippen molar-refractivity contribution in [1.82, 2.24) is 5.32 Å². The number of carbonyl (C=O) groups is 3. The van der Waals surface area contributed by atoms with Gasteiger partial charge in [-0.3, -0.25) is 14.4 Å². The van der Waals surface area contributed by atoms with Gasteiger partial charge in [0.15, 0.2) is 0 Å². The molecular formula is C21H18Cl2N2O5. The number of anilines is 1. The number of nitrogens with zero attached hydrogens (tertiary/aromatic N) is 1. The van der Waals surface area contributed by atoms with E-state index in [2.05, 4.69) is 5.32 Å². The van der Waals surface area contributed by atoms with E-state index in [1.807, 2.05) is 0 Å². The second-order valence-corrected chi connectivity index (χ2v) is 8.08. The summed E-state index contributed by atoms with van der Waals surface area (Å²) in [7, 11) is 0. The molecule has 2 aromatic rings. The van der Waals surface area contributed by atoms with Crippen LogP contribution in [0.4, 0.5) is 5.69 Å². The van der Waals surface area contributed by atoms with Gasteiger partial charge in [0.1, 0.15) is 5.54 Å². The summed E-state index contributed by atoms with van der Waals surface area (Å²) in [6, 6.07) is 11.5. The number of para-hydroxylation sites is 1. The van der Waals surface area contributed by atoms with Crippen molar-refractivity contribution in [1.29, 1.82) is 0 Å². The summed E-state index contributed by atoms with van der Waals surface area (Å²) < 4.78 is 5.27. The van der Waals surface area contributed by atoms with Gasteiger partial charge in [0.25, 0.3) is 11.8 Å². The molecule has 2 aromatic carbocycles. The lowest BCUT2D eigenvalue weighted by molar-refractivity contribution is -0.137. The van der Waals surface area contributed by atoms with Crippen molar-refractivity contribution in [3.05, 3.63) is 63.6 Å². The van der Waals surface area contributed by atoms with Gasteiger partial charge in [-0.2, -0.15) is 0 Å². The lowest BCUT2D eigenvalue weighted by atomic mass is 9.86. The van der Waals surface area contributed by atoms with Crippen LogP contribution in [-0.4, -0.2) is 42.1 Å². The van der Waals surface area contributed by atoms with Gasteiger partial charge in [0, 0.05) is 23.2 Å². The van der Waals surface area contributed by atoms with Gasteiger partial charge in [-0.25, -0.2) is 0 Å². The molecular weight excluding hydrogens is 431 g/mol. The molecule has 7 nitrogen and oxygen atoms in total. The summed E-state index contributed by atoms with van der Waals surface area (Å²) in [5.74, 6) is -1.99. The van der Waals surface area contributed by atoms with E-state index in [4.69, 9.17) is 27.9 Å². The van der Waals surface area contributed by atoms with Crippen LogP contribution in [0.2, 0.25) is 10.0 Å². The van der Waals surface area contributed by atoms with E-state index in [0.717, 1.165) is 0 Å². The molecule has 0 aromatic heterocycles. The number of amides is 2. The number of hydrogen-bond donors (Lipinski definition) is 2. The van der Waals surface area contributed by atoms with Crippen LogP contribution in [0.25, 0.3) is 0 Å². The molecule has 2 aliphatic rings. The molecule has 2 heterocycles. The third kappa shape index (κ3) is 3.76. The average molecular weight is 449 g/mol. The minimum atomic E-state index is -1.51. The van der Waals surface area contributed by atoms with Crippen LogP contribution in [0.1, 0.15) is 28.8 Å². The zero-order chi connectivity index (χ0) is 21.5. The monoisotopic (exact) mass is 448 g/mol. The summed E-state index contributed by atoms with van der Waals surface area (Å²) in [5.41, 5.74) is -0.0935. The summed E-state index contributed by atoms with van der Waals surface area (Å²) in [4.78, 5) is 39.5. The molecule has 0 spiro atoms. The molecule has 2 amide bonds. The van der Waals surface area contributed by atoms with Crippen molar-refractivity contribution in [2.45, 2.75) is 24.5 Å². The molecule has 30 heavy (non-hydrogen) atoms. The number of ether oxygens (including phenoxy) is 1. The number of carboxylic acid groups (broad SMARTS) is 1. The largest absolute Gasteiger partial charge is 0.481 e. The minimum Gasteiger partial charge on any atom is -0.481 e. The fraction of sp³-hybridized carbons (Fsp3) is 0.286. The summed E-state index contributed by atoms with van der Waals surface area (Å²) >= 11 is 12.0. The Morgan fingerprint density at radius 2 is 1.93 bits per heavy atom. The number of carboxylic acids is 1. The Bertz CT molecular complexity index is 1040. The fourth-order valence-electron chi connectivity index (χ4n) is 3.71. The molecule has 2 aliphatic heterocycles. The van der Waals surface area contributed by atoms with Gasteiger partial charge < -0.3 is 20.1 Å². The molecule has 1 saturated heterocycles. The van der Waals surface area contributed by atoms with Crippen LogP contribution in [-0.2, 0) is 19.9 Å². The Balaban J connectivity index is 1.74. The van der Waals surface area contributed by atoms with Crippen molar-refractivity contribution < 1.29 is 24.2 Å². The van der Waals surface area contributed by atoms with E-state index in [0.29, 0.717) is 29.4 Å². The standard InChI is InChI=1S/C21H18Cl2N2O5/c22-15-6-5-12(9-16(15)23)19(28)24-21(8-7-18(26)27)14-3-1-2-4-17(14)25(20(21)29)10-13-11-30-13/h1-6,9,13H,7-8,10-11H2,(H,24,28)(H,26,27). The number of nitrogens with one attached hydrogen (secondary N) is 1. The zero-order valence-corrected chi connectivity index (χ0v) is 17.2. The highest BCUT2D eigenvalue weighted by molar-refractivity contribution is 6.42. The van der Waals surface area contributed by atoms with Crippen molar-refractivity contribution in [2.75, 3.05) is 18.1 Å². The lowest BCUT2D eigenvalue weighted by Gasteiger charge is -2.30. The van der Waals surface area contributed by atoms with Gasteiger partial charge >= 0.3 is 5.97 Å². The number of aliphatic carboxylic acids is 1. The SMILES string of the molecule is O=C(O)CCC1(NC(=O)c2ccc(Cl)c(Cl)c2)C(=O)N(CC2CO2)c2ccccc21. The first kappa shape index (κ1) is 20.7. The van der Waals surface area contributed by atoms with Crippen molar-refractivity contribution in [3.8, 4) is 0 Å². The molecule has 2 atom stereocenters. The van der Waals surface area contributed by atoms with Crippen LogP contribution in [0.15, 0.2) is 42.5 Å². The normalized spacial score (nSPS) is 22.0. The van der Waals surface area contributed by atoms with E-state index in [-0.39, 0.29) is 35.4 Å². The van der Waals surface area contributed by atoms with Crippen LogP contribution < -0.4 is 10.2 Å². The van der Waals surface area contributed by atoms with Gasteiger partial charge in [-0.05, 0) is 30.7 Å². The molecule has 0 saturated carbocycles. The highest BCUT2D eigenvalue weighted by Gasteiger charge is 2.52. The molecule has 0 bridgehead atoms. The van der Waals surface area contributed by atoms with Gasteiger partial charge in [-0.1, -0.05) is 41.4 Å². The molecule has 0 aliphatic carbocycles. The average Bonchev–Trinajstić information content (AvgIpc) is 3.51. The third-order valence-electron chi connectivity index (χ3n) is 5.28. The van der Waals surface area contributed by atoms with E-state index < -0.39 is 17.4 Å². The van der Waals surface area contributed by atoms with Crippen molar-refractivity contribution in [3.63, 3.8) is 0 Å². The van der Waals surface area contributed by atoms with Crippen molar-refractivity contribution in [2.24, 2.45) is 0 Å². The topological polar surface area (TPSA) is 99.2 Å². The fourth-order valence-corrected chi connectivity index (χ4v) is 4.00. The Hall–Kier alpha value is -2.61. The highest BCUT2D eigenvalue weighted by atomic mass is 35.5. The van der Waals surface area contributed by atoms with Crippen LogP contribution in [0.3, 0.4) is 0 Å². The Morgan fingerprint density at radius 3 is 2.60 bits per heavy atom. The van der Waals surface area contributed by atoms with E-state index in [1.54, 1.807) is 29.2 Å².